The van der Waals surface area contributed by atoms with Crippen molar-refractivity contribution in [2.45, 2.75) is 32.2 Å². The van der Waals surface area contributed by atoms with Gasteiger partial charge in [0.15, 0.2) is 5.82 Å². The number of rotatable bonds is 2. The monoisotopic (exact) mass is 281 g/mol. The van der Waals surface area contributed by atoms with Crippen LogP contribution in [0.4, 0.5) is 0 Å². The predicted octanol–water partition coefficient (Wildman–Crippen LogP) is 1.65. The van der Waals surface area contributed by atoms with E-state index < -0.39 is 0 Å². The summed E-state index contributed by atoms with van der Waals surface area (Å²) >= 11 is 0. The lowest BCUT2D eigenvalue weighted by Crippen LogP contribution is -2.03. The van der Waals surface area contributed by atoms with E-state index in [9.17, 15) is 0 Å². The summed E-state index contributed by atoms with van der Waals surface area (Å²) in [6, 6.07) is 8.06. The average molecular weight is 281 g/mol. The number of fused-ring (bicyclic) bond motifs is 1. The van der Waals surface area contributed by atoms with Crippen LogP contribution in [0.1, 0.15) is 25.1 Å². The first-order valence-electron chi connectivity index (χ1n) is 7.18. The van der Waals surface area contributed by atoms with Gasteiger partial charge in [-0.2, -0.15) is 0 Å². The Balaban J connectivity index is 1.69. The van der Waals surface area contributed by atoms with Crippen LogP contribution in [-0.2, 0) is 13.0 Å². The van der Waals surface area contributed by atoms with E-state index in [-0.39, 0.29) is 0 Å². The highest BCUT2D eigenvalue weighted by Crippen LogP contribution is 2.23. The van der Waals surface area contributed by atoms with Gasteiger partial charge in [-0.1, -0.05) is 6.42 Å². The van der Waals surface area contributed by atoms with E-state index in [2.05, 4.69) is 30.3 Å². The molecule has 1 aliphatic rings. The maximum atomic E-state index is 4.37. The highest BCUT2D eigenvalue weighted by atomic mass is 15.5. The number of aryl methyl sites for hydroxylation is 1. The third-order valence-corrected chi connectivity index (χ3v) is 3.85. The van der Waals surface area contributed by atoms with Gasteiger partial charge >= 0.3 is 0 Å². The van der Waals surface area contributed by atoms with Gasteiger partial charge in [-0.3, -0.25) is 0 Å². The second-order valence-corrected chi connectivity index (χ2v) is 5.20. The normalized spacial score (nSPS) is 14.7. The van der Waals surface area contributed by atoms with Crippen LogP contribution in [0.2, 0.25) is 0 Å². The van der Waals surface area contributed by atoms with Gasteiger partial charge in [0.1, 0.15) is 12.2 Å². The van der Waals surface area contributed by atoms with Gasteiger partial charge in [-0.25, -0.2) is 4.68 Å². The Morgan fingerprint density at radius 3 is 2.67 bits per heavy atom. The largest absolute Gasteiger partial charge is 0.311 e. The molecule has 0 N–H and O–H groups in total. The van der Waals surface area contributed by atoms with Crippen molar-refractivity contribution in [2.24, 2.45) is 0 Å². The highest BCUT2D eigenvalue weighted by Gasteiger charge is 2.15. The minimum absolute atomic E-state index is 0.930. The van der Waals surface area contributed by atoms with Crippen LogP contribution in [0.5, 0.6) is 0 Å². The van der Waals surface area contributed by atoms with Crippen molar-refractivity contribution < 1.29 is 0 Å². The third-order valence-electron chi connectivity index (χ3n) is 3.85. The molecule has 7 nitrogen and oxygen atoms in total. The molecule has 1 aliphatic heterocycles. The number of nitrogens with zero attached hydrogens (tertiary/aromatic N) is 7. The minimum Gasteiger partial charge on any atom is -0.311 e. The molecule has 0 radical (unpaired) electrons. The fourth-order valence-electron chi connectivity index (χ4n) is 2.74. The molecule has 0 aliphatic carbocycles. The fraction of sp³-hybridized carbons (Fsp3) is 0.357. The van der Waals surface area contributed by atoms with Crippen molar-refractivity contribution in [3.8, 4) is 17.1 Å². The lowest BCUT2D eigenvalue weighted by Gasteiger charge is -2.07. The molecule has 106 valence electrons. The first-order valence-corrected chi connectivity index (χ1v) is 7.18. The van der Waals surface area contributed by atoms with Gasteiger partial charge in [0.25, 0.3) is 0 Å². The van der Waals surface area contributed by atoms with Gasteiger partial charge in [0, 0.05) is 18.5 Å². The molecule has 0 bridgehead atoms. The molecule has 3 aromatic rings. The molecular weight excluding hydrogens is 266 g/mol. The summed E-state index contributed by atoms with van der Waals surface area (Å²) in [5.74, 6) is 2.06. The molecule has 2 aromatic heterocycles. The van der Waals surface area contributed by atoms with Crippen LogP contribution in [0, 0.1) is 0 Å². The summed E-state index contributed by atoms with van der Waals surface area (Å²) < 4.78 is 3.88. The summed E-state index contributed by atoms with van der Waals surface area (Å²) in [5, 5.41) is 19.9. The zero-order valence-corrected chi connectivity index (χ0v) is 11.6. The van der Waals surface area contributed by atoms with Gasteiger partial charge in [0.05, 0.1) is 5.69 Å². The standard InChI is InChI=1S/C14H15N7/c1-2-4-13-16-17-14(20(13)9-3-1)11-5-7-12(8-6-11)21-10-15-18-19-21/h5-8,10H,1-4,9H2. The van der Waals surface area contributed by atoms with Crippen molar-refractivity contribution in [3.63, 3.8) is 0 Å². The Bertz CT molecular complexity index is 727. The Morgan fingerprint density at radius 1 is 0.952 bits per heavy atom. The van der Waals surface area contributed by atoms with Crippen molar-refractivity contribution in [2.75, 3.05) is 0 Å². The van der Waals surface area contributed by atoms with Crippen LogP contribution >= 0.6 is 0 Å². The van der Waals surface area contributed by atoms with Crippen LogP contribution in [0.3, 0.4) is 0 Å². The van der Waals surface area contributed by atoms with Gasteiger partial charge in [-0.05, 0) is 47.5 Å². The van der Waals surface area contributed by atoms with E-state index in [0.717, 1.165) is 35.9 Å². The van der Waals surface area contributed by atoms with E-state index in [1.807, 2.05) is 24.3 Å². The van der Waals surface area contributed by atoms with E-state index in [4.69, 9.17) is 0 Å². The topological polar surface area (TPSA) is 74.3 Å². The molecule has 0 saturated heterocycles. The molecule has 0 amide bonds. The maximum absolute atomic E-state index is 4.37. The fourth-order valence-corrected chi connectivity index (χ4v) is 2.74. The minimum atomic E-state index is 0.930. The molecular formula is C14H15N7. The van der Waals surface area contributed by atoms with E-state index >= 15 is 0 Å². The summed E-state index contributed by atoms with van der Waals surface area (Å²) in [6.07, 6.45) is 6.27. The molecule has 3 heterocycles. The third kappa shape index (κ3) is 2.20. The smallest absolute Gasteiger partial charge is 0.163 e. The molecule has 1 aromatic carbocycles. The molecule has 0 fully saturated rings. The van der Waals surface area contributed by atoms with E-state index in [1.165, 1.54) is 19.3 Å². The van der Waals surface area contributed by atoms with Crippen LogP contribution < -0.4 is 0 Å². The quantitative estimate of drug-likeness (QED) is 0.714. The van der Waals surface area contributed by atoms with Crippen LogP contribution in [0.15, 0.2) is 30.6 Å². The van der Waals surface area contributed by atoms with Crippen LogP contribution in [0.25, 0.3) is 17.1 Å². The molecule has 4 rings (SSSR count). The number of aromatic nitrogens is 7. The SMILES string of the molecule is c1cc(-n2cnnn2)ccc1-c1nnc2n1CCCCC2. The van der Waals surface area contributed by atoms with Crippen molar-refractivity contribution in [1.82, 2.24) is 35.0 Å². The summed E-state index contributed by atoms with van der Waals surface area (Å²) in [5.41, 5.74) is 2.01. The number of hydrogen-bond donors (Lipinski definition) is 0. The number of hydrogen-bond acceptors (Lipinski definition) is 5. The molecule has 0 atom stereocenters. The second-order valence-electron chi connectivity index (χ2n) is 5.20. The van der Waals surface area contributed by atoms with Crippen molar-refractivity contribution >= 4 is 0 Å². The number of tetrazole rings is 1. The molecule has 7 heteroatoms. The van der Waals surface area contributed by atoms with Gasteiger partial charge < -0.3 is 4.57 Å². The zero-order chi connectivity index (χ0) is 14.1. The lowest BCUT2D eigenvalue weighted by molar-refractivity contribution is 0.636. The first kappa shape index (κ1) is 12.2. The highest BCUT2D eigenvalue weighted by molar-refractivity contribution is 5.57. The van der Waals surface area contributed by atoms with E-state index in [1.54, 1.807) is 11.0 Å². The first-order chi connectivity index (χ1) is 10.4. The average Bonchev–Trinajstić information content (AvgIpc) is 3.13. The predicted molar refractivity (Wildman–Crippen MR) is 75.7 cm³/mol. The zero-order valence-electron chi connectivity index (χ0n) is 11.6. The Labute approximate surface area is 121 Å². The lowest BCUT2D eigenvalue weighted by atomic mass is 10.2. The summed E-state index contributed by atoms with van der Waals surface area (Å²) in [6.45, 7) is 1.01. The summed E-state index contributed by atoms with van der Waals surface area (Å²) in [4.78, 5) is 0. The molecule has 0 spiro atoms. The Hall–Kier alpha value is -2.57. The number of benzene rings is 1. The van der Waals surface area contributed by atoms with Crippen molar-refractivity contribution in [1.29, 1.82) is 0 Å². The summed E-state index contributed by atoms with van der Waals surface area (Å²) in [7, 11) is 0. The van der Waals surface area contributed by atoms with Crippen molar-refractivity contribution in [3.05, 3.63) is 36.4 Å². The Morgan fingerprint density at radius 2 is 1.86 bits per heavy atom. The maximum Gasteiger partial charge on any atom is 0.163 e. The molecule has 0 unspecified atom stereocenters. The second kappa shape index (κ2) is 5.08. The van der Waals surface area contributed by atoms with Gasteiger partial charge in [-0.15, -0.1) is 15.3 Å². The van der Waals surface area contributed by atoms with Gasteiger partial charge in [0.2, 0.25) is 0 Å². The Kier molecular flexibility index (Phi) is 2.95. The molecule has 0 saturated carbocycles. The van der Waals surface area contributed by atoms with Crippen LogP contribution in [-0.4, -0.2) is 35.0 Å². The van der Waals surface area contributed by atoms with E-state index in [0.29, 0.717) is 0 Å². The molecule has 21 heavy (non-hydrogen) atoms.